The Morgan fingerprint density at radius 3 is 2.38 bits per heavy atom. The van der Waals surface area contributed by atoms with Crippen LogP contribution in [0.5, 0.6) is 5.75 Å². The SMILES string of the molecule is CCN(CC)c1ccc2c(c1)OC(C(C)C)C(=O)N(Cc1cccc(C(F)(F)F)c1)C2C(=O)O. The van der Waals surface area contributed by atoms with Gasteiger partial charge >= 0.3 is 12.1 Å². The molecule has 0 aliphatic carbocycles. The van der Waals surface area contributed by atoms with Crippen LogP contribution in [0.3, 0.4) is 0 Å². The van der Waals surface area contributed by atoms with Gasteiger partial charge in [0, 0.05) is 37.0 Å². The fourth-order valence-corrected chi connectivity index (χ4v) is 4.18. The third-order valence-electron chi connectivity index (χ3n) is 5.96. The summed E-state index contributed by atoms with van der Waals surface area (Å²) in [6.07, 6.45) is -5.54. The zero-order chi connectivity index (χ0) is 25.2. The predicted molar refractivity (Wildman–Crippen MR) is 122 cm³/mol. The number of halogens is 3. The number of carbonyl (C=O) groups is 2. The molecule has 1 N–H and O–H groups in total. The number of carboxylic acids is 1. The first-order valence-corrected chi connectivity index (χ1v) is 11.2. The van der Waals surface area contributed by atoms with E-state index < -0.39 is 35.8 Å². The molecule has 1 heterocycles. The molecule has 2 aromatic carbocycles. The number of rotatable bonds is 7. The van der Waals surface area contributed by atoms with Crippen molar-refractivity contribution < 1.29 is 32.6 Å². The highest BCUT2D eigenvalue weighted by molar-refractivity contribution is 5.89. The van der Waals surface area contributed by atoms with E-state index in [1.54, 1.807) is 32.0 Å². The molecule has 1 aliphatic rings. The van der Waals surface area contributed by atoms with E-state index in [4.69, 9.17) is 4.74 Å². The topological polar surface area (TPSA) is 70.1 Å². The van der Waals surface area contributed by atoms with Gasteiger partial charge in [0.05, 0.1) is 5.56 Å². The van der Waals surface area contributed by atoms with Crippen LogP contribution in [0.4, 0.5) is 18.9 Å². The molecule has 6 nitrogen and oxygen atoms in total. The third-order valence-corrected chi connectivity index (χ3v) is 5.96. The first-order chi connectivity index (χ1) is 16.0. The smallest absolute Gasteiger partial charge is 0.416 e. The van der Waals surface area contributed by atoms with E-state index in [0.29, 0.717) is 0 Å². The van der Waals surface area contributed by atoms with Gasteiger partial charge in [0.25, 0.3) is 5.91 Å². The largest absolute Gasteiger partial charge is 0.480 e. The minimum atomic E-state index is -4.55. The summed E-state index contributed by atoms with van der Waals surface area (Å²) in [7, 11) is 0. The van der Waals surface area contributed by atoms with Crippen LogP contribution >= 0.6 is 0 Å². The fraction of sp³-hybridized carbons (Fsp3) is 0.440. The predicted octanol–water partition coefficient (Wildman–Crippen LogP) is 5.12. The first-order valence-electron chi connectivity index (χ1n) is 11.2. The van der Waals surface area contributed by atoms with Gasteiger partial charge in [-0.15, -0.1) is 0 Å². The molecule has 0 radical (unpaired) electrons. The molecule has 2 unspecified atom stereocenters. The minimum Gasteiger partial charge on any atom is -0.480 e. The summed E-state index contributed by atoms with van der Waals surface area (Å²) < 4.78 is 45.7. The van der Waals surface area contributed by atoms with Crippen LogP contribution in [0.15, 0.2) is 42.5 Å². The summed E-state index contributed by atoms with van der Waals surface area (Å²) in [4.78, 5) is 29.1. The number of benzene rings is 2. The Hall–Kier alpha value is -3.23. The molecule has 0 fully saturated rings. The Kier molecular flexibility index (Phi) is 7.43. The normalized spacial score (nSPS) is 18.4. The number of alkyl halides is 3. The van der Waals surface area contributed by atoms with E-state index >= 15 is 0 Å². The molecule has 2 aromatic rings. The Morgan fingerprint density at radius 1 is 1.15 bits per heavy atom. The maximum absolute atomic E-state index is 13.5. The third kappa shape index (κ3) is 5.13. The Morgan fingerprint density at radius 2 is 1.82 bits per heavy atom. The minimum absolute atomic E-state index is 0.181. The molecule has 9 heteroatoms. The first kappa shape index (κ1) is 25.4. The van der Waals surface area contributed by atoms with Gasteiger partial charge in [0.15, 0.2) is 12.1 Å². The second kappa shape index (κ2) is 9.95. The Bertz CT molecular complexity index is 1050. The van der Waals surface area contributed by atoms with E-state index in [9.17, 15) is 27.9 Å². The highest BCUT2D eigenvalue weighted by Crippen LogP contribution is 2.39. The lowest BCUT2D eigenvalue weighted by atomic mass is 10.0. The average Bonchev–Trinajstić information content (AvgIpc) is 2.89. The van der Waals surface area contributed by atoms with Crippen LogP contribution in [0.2, 0.25) is 0 Å². The van der Waals surface area contributed by atoms with E-state index in [0.717, 1.165) is 35.8 Å². The van der Waals surface area contributed by atoms with Crippen molar-refractivity contribution in [1.82, 2.24) is 4.90 Å². The molecule has 2 atom stereocenters. The summed E-state index contributed by atoms with van der Waals surface area (Å²) in [6, 6.07) is 8.28. The zero-order valence-electron chi connectivity index (χ0n) is 19.6. The van der Waals surface area contributed by atoms with Crippen molar-refractivity contribution in [1.29, 1.82) is 0 Å². The standard InChI is InChI=1S/C25H29F3N2O4/c1-5-29(6-2)18-10-11-19-20(13-18)34-22(15(3)4)23(31)30(21(19)24(32)33)14-16-8-7-9-17(12-16)25(26,27)28/h7-13,15,21-22H,5-6,14H2,1-4H3,(H,32,33). The monoisotopic (exact) mass is 478 g/mol. The Balaban J connectivity index is 2.12. The van der Waals surface area contributed by atoms with Crippen LogP contribution in [0.25, 0.3) is 0 Å². The average molecular weight is 479 g/mol. The van der Waals surface area contributed by atoms with Crippen molar-refractivity contribution in [2.45, 2.75) is 52.6 Å². The number of ether oxygens (including phenoxy) is 1. The number of aliphatic carboxylic acids is 1. The van der Waals surface area contributed by atoms with Gasteiger partial charge in [-0.25, -0.2) is 4.79 Å². The van der Waals surface area contributed by atoms with Crippen LogP contribution in [0, 0.1) is 5.92 Å². The van der Waals surface area contributed by atoms with Crippen molar-refractivity contribution in [3.05, 3.63) is 59.2 Å². The van der Waals surface area contributed by atoms with Gasteiger partial charge in [-0.05, 0) is 43.5 Å². The van der Waals surface area contributed by atoms with Crippen molar-refractivity contribution >= 4 is 17.6 Å². The second-order valence-corrected chi connectivity index (χ2v) is 8.58. The van der Waals surface area contributed by atoms with Gasteiger partial charge in [0.2, 0.25) is 0 Å². The number of carbonyl (C=O) groups excluding carboxylic acids is 1. The Labute approximate surface area is 196 Å². The molecule has 0 saturated heterocycles. The molecule has 1 amide bonds. The van der Waals surface area contributed by atoms with E-state index in [1.807, 2.05) is 13.8 Å². The molecule has 0 aromatic heterocycles. The van der Waals surface area contributed by atoms with Crippen LogP contribution in [0.1, 0.15) is 50.4 Å². The maximum Gasteiger partial charge on any atom is 0.416 e. The number of fused-ring (bicyclic) bond motifs is 1. The molecular formula is C25H29F3N2O4. The van der Waals surface area contributed by atoms with Gasteiger partial charge in [-0.1, -0.05) is 32.0 Å². The van der Waals surface area contributed by atoms with Gasteiger partial charge in [-0.2, -0.15) is 13.2 Å². The quantitative estimate of drug-likeness (QED) is 0.598. The molecule has 1 aliphatic heterocycles. The molecule has 0 bridgehead atoms. The van der Waals surface area contributed by atoms with E-state index in [1.165, 1.54) is 12.1 Å². The summed E-state index contributed by atoms with van der Waals surface area (Å²) in [6.45, 7) is 8.70. The lowest BCUT2D eigenvalue weighted by Crippen LogP contribution is -2.45. The van der Waals surface area contributed by atoms with Crippen molar-refractivity contribution in [2.75, 3.05) is 18.0 Å². The van der Waals surface area contributed by atoms with Crippen molar-refractivity contribution in [3.8, 4) is 5.75 Å². The van der Waals surface area contributed by atoms with E-state index in [-0.39, 0.29) is 29.3 Å². The van der Waals surface area contributed by atoms with E-state index in [2.05, 4.69) is 4.90 Å². The maximum atomic E-state index is 13.5. The van der Waals surface area contributed by atoms with Gasteiger partial charge in [0.1, 0.15) is 5.75 Å². The molecule has 3 rings (SSSR count). The zero-order valence-corrected chi connectivity index (χ0v) is 19.6. The lowest BCUT2D eigenvalue weighted by Gasteiger charge is -2.30. The summed E-state index contributed by atoms with van der Waals surface area (Å²) >= 11 is 0. The molecular weight excluding hydrogens is 449 g/mol. The van der Waals surface area contributed by atoms with Crippen molar-refractivity contribution in [2.24, 2.45) is 5.92 Å². The lowest BCUT2D eigenvalue weighted by molar-refractivity contribution is -0.154. The number of hydrogen-bond acceptors (Lipinski definition) is 4. The van der Waals surface area contributed by atoms with Crippen LogP contribution in [-0.4, -0.2) is 41.1 Å². The highest BCUT2D eigenvalue weighted by atomic mass is 19.4. The fourth-order valence-electron chi connectivity index (χ4n) is 4.18. The number of hydrogen-bond donors (Lipinski definition) is 1. The number of anilines is 1. The summed E-state index contributed by atoms with van der Waals surface area (Å²) in [5.41, 5.74) is 0.432. The molecule has 34 heavy (non-hydrogen) atoms. The molecule has 184 valence electrons. The summed E-state index contributed by atoms with van der Waals surface area (Å²) in [5, 5.41) is 10.1. The number of carboxylic acid groups (broad SMARTS) is 1. The van der Waals surface area contributed by atoms with Crippen molar-refractivity contribution in [3.63, 3.8) is 0 Å². The second-order valence-electron chi connectivity index (χ2n) is 8.58. The van der Waals surface area contributed by atoms with Gasteiger partial charge in [-0.3, -0.25) is 4.79 Å². The molecule has 0 spiro atoms. The van der Waals surface area contributed by atoms with Crippen LogP contribution in [-0.2, 0) is 22.3 Å². The number of amides is 1. The molecule has 0 saturated carbocycles. The van der Waals surface area contributed by atoms with Gasteiger partial charge < -0.3 is 19.6 Å². The number of nitrogens with zero attached hydrogens (tertiary/aromatic N) is 2. The van der Waals surface area contributed by atoms with Crippen LogP contribution < -0.4 is 9.64 Å². The highest BCUT2D eigenvalue weighted by Gasteiger charge is 2.42. The summed E-state index contributed by atoms with van der Waals surface area (Å²) in [5.74, 6) is -1.88.